The number of amides is 1. The maximum atomic E-state index is 13.0. The van der Waals surface area contributed by atoms with E-state index in [-0.39, 0.29) is 17.7 Å². The number of aromatic hydroxyl groups is 1. The maximum absolute atomic E-state index is 13.0. The number of phenols is 1. The lowest BCUT2D eigenvalue weighted by Gasteiger charge is -2.36. The van der Waals surface area contributed by atoms with Crippen molar-refractivity contribution in [2.45, 2.75) is 52.2 Å². The largest absolute Gasteiger partial charge is 0.508 e. The smallest absolute Gasteiger partial charge is 0.240 e. The van der Waals surface area contributed by atoms with Crippen molar-refractivity contribution in [3.63, 3.8) is 0 Å². The predicted molar refractivity (Wildman–Crippen MR) is 99.4 cm³/mol. The molecule has 3 N–H and O–H groups in total. The first-order valence-electron chi connectivity index (χ1n) is 8.78. The van der Waals surface area contributed by atoms with Crippen LogP contribution in [0, 0.1) is 13.8 Å². The summed E-state index contributed by atoms with van der Waals surface area (Å²) in [6, 6.07) is 11.3. The van der Waals surface area contributed by atoms with Crippen molar-refractivity contribution in [1.82, 2.24) is 4.90 Å². The van der Waals surface area contributed by atoms with Gasteiger partial charge in [0, 0.05) is 12.6 Å². The molecule has 0 saturated heterocycles. The number of nitrogens with two attached hydrogens (primary N) is 1. The lowest BCUT2D eigenvalue weighted by atomic mass is 9.92. The third-order valence-corrected chi connectivity index (χ3v) is 5.21. The van der Waals surface area contributed by atoms with E-state index < -0.39 is 6.04 Å². The topological polar surface area (TPSA) is 66.6 Å². The van der Waals surface area contributed by atoms with Gasteiger partial charge in [-0.05, 0) is 73.6 Å². The van der Waals surface area contributed by atoms with E-state index >= 15 is 0 Å². The number of aryl methyl sites for hydroxylation is 2. The van der Waals surface area contributed by atoms with E-state index in [0.29, 0.717) is 13.0 Å². The van der Waals surface area contributed by atoms with Crippen molar-refractivity contribution in [2.75, 3.05) is 0 Å². The molecule has 0 fully saturated rings. The van der Waals surface area contributed by atoms with E-state index in [2.05, 4.69) is 19.1 Å². The Morgan fingerprint density at radius 3 is 2.48 bits per heavy atom. The number of hydrogen-bond acceptors (Lipinski definition) is 3. The van der Waals surface area contributed by atoms with E-state index in [1.54, 1.807) is 12.1 Å². The highest BCUT2D eigenvalue weighted by Crippen LogP contribution is 2.25. The van der Waals surface area contributed by atoms with Crippen LogP contribution in [0.25, 0.3) is 0 Å². The second-order valence-electron chi connectivity index (χ2n) is 7.16. The first-order chi connectivity index (χ1) is 11.9. The zero-order valence-electron chi connectivity index (χ0n) is 15.1. The van der Waals surface area contributed by atoms with Gasteiger partial charge in [-0.1, -0.05) is 24.3 Å². The number of phenolic OH excluding ortho intramolecular Hbond substituents is 1. The van der Waals surface area contributed by atoms with Crippen LogP contribution in [0.15, 0.2) is 36.4 Å². The molecule has 4 heteroatoms. The Morgan fingerprint density at radius 1 is 1.24 bits per heavy atom. The molecule has 0 aromatic heterocycles. The minimum Gasteiger partial charge on any atom is -0.508 e. The van der Waals surface area contributed by atoms with Gasteiger partial charge in [-0.25, -0.2) is 0 Å². The monoisotopic (exact) mass is 338 g/mol. The van der Waals surface area contributed by atoms with Crippen molar-refractivity contribution in [3.8, 4) is 5.75 Å². The number of benzene rings is 2. The second-order valence-corrected chi connectivity index (χ2v) is 7.16. The molecule has 25 heavy (non-hydrogen) atoms. The fourth-order valence-corrected chi connectivity index (χ4v) is 3.79. The summed E-state index contributed by atoms with van der Waals surface area (Å²) in [4.78, 5) is 14.9. The van der Waals surface area contributed by atoms with Gasteiger partial charge in [0.25, 0.3) is 0 Å². The van der Waals surface area contributed by atoms with E-state index in [1.165, 1.54) is 11.1 Å². The number of nitrogens with zero attached hydrogens (tertiary/aromatic N) is 1. The minimum atomic E-state index is -0.574. The molecule has 0 saturated carbocycles. The molecule has 2 aromatic rings. The Kier molecular flexibility index (Phi) is 4.82. The molecule has 4 nitrogen and oxygen atoms in total. The Labute approximate surface area is 149 Å². The minimum absolute atomic E-state index is 0.00567. The van der Waals surface area contributed by atoms with Crippen molar-refractivity contribution < 1.29 is 9.90 Å². The Bertz CT molecular complexity index is 777. The van der Waals surface area contributed by atoms with E-state index in [0.717, 1.165) is 23.1 Å². The van der Waals surface area contributed by atoms with Crippen LogP contribution in [0.3, 0.4) is 0 Å². The molecule has 1 amide bonds. The van der Waals surface area contributed by atoms with E-state index in [9.17, 15) is 9.90 Å². The van der Waals surface area contributed by atoms with E-state index in [4.69, 9.17) is 5.73 Å². The highest BCUT2D eigenvalue weighted by molar-refractivity contribution is 5.82. The van der Waals surface area contributed by atoms with Gasteiger partial charge in [0.2, 0.25) is 5.91 Å². The summed E-state index contributed by atoms with van der Waals surface area (Å²) >= 11 is 0. The summed E-state index contributed by atoms with van der Waals surface area (Å²) in [7, 11) is 0. The highest BCUT2D eigenvalue weighted by Gasteiger charge is 2.30. The molecule has 132 valence electrons. The van der Waals surface area contributed by atoms with Crippen LogP contribution in [0.5, 0.6) is 5.75 Å². The van der Waals surface area contributed by atoms with Crippen LogP contribution in [-0.4, -0.2) is 28.0 Å². The van der Waals surface area contributed by atoms with Gasteiger partial charge in [-0.2, -0.15) is 0 Å². The van der Waals surface area contributed by atoms with Gasteiger partial charge in [0.1, 0.15) is 5.75 Å². The summed E-state index contributed by atoms with van der Waals surface area (Å²) in [6.45, 7) is 6.59. The maximum Gasteiger partial charge on any atom is 0.240 e. The molecule has 1 aliphatic rings. The van der Waals surface area contributed by atoms with Crippen molar-refractivity contribution in [3.05, 3.63) is 64.2 Å². The van der Waals surface area contributed by atoms with Crippen LogP contribution in [0.1, 0.15) is 34.7 Å². The van der Waals surface area contributed by atoms with Crippen molar-refractivity contribution in [2.24, 2.45) is 5.73 Å². The molecular weight excluding hydrogens is 312 g/mol. The molecular formula is C21H26N2O2. The Hall–Kier alpha value is -2.33. The number of carbonyl (C=O) groups is 1. The highest BCUT2D eigenvalue weighted by atomic mass is 16.3. The molecule has 0 spiro atoms. The molecule has 0 radical (unpaired) electrons. The summed E-state index contributed by atoms with van der Waals surface area (Å²) in [5.41, 5.74) is 11.8. The molecule has 3 rings (SSSR count). The van der Waals surface area contributed by atoms with Gasteiger partial charge >= 0.3 is 0 Å². The number of rotatable bonds is 3. The van der Waals surface area contributed by atoms with Gasteiger partial charge in [0.05, 0.1) is 6.04 Å². The SMILES string of the molecule is Cc1cc(O)cc(C)c1CC(N)C(=O)N1Cc2ccccc2CC1C. The predicted octanol–water partition coefficient (Wildman–Crippen LogP) is 2.85. The normalized spacial score (nSPS) is 17.9. The summed E-state index contributed by atoms with van der Waals surface area (Å²) < 4.78 is 0. The van der Waals surface area contributed by atoms with E-state index in [1.807, 2.05) is 30.9 Å². The third-order valence-electron chi connectivity index (χ3n) is 5.21. The average Bonchev–Trinajstić information content (AvgIpc) is 2.56. The zero-order valence-corrected chi connectivity index (χ0v) is 15.1. The van der Waals surface area contributed by atoms with Crippen LogP contribution >= 0.6 is 0 Å². The van der Waals surface area contributed by atoms with Crippen LogP contribution in [-0.2, 0) is 24.2 Å². The third kappa shape index (κ3) is 3.54. The Morgan fingerprint density at radius 2 is 1.84 bits per heavy atom. The molecule has 2 unspecified atom stereocenters. The summed E-state index contributed by atoms with van der Waals surface area (Å²) in [6.07, 6.45) is 1.35. The first-order valence-corrected chi connectivity index (χ1v) is 8.78. The van der Waals surface area contributed by atoms with Gasteiger partial charge < -0.3 is 15.7 Å². The first kappa shape index (κ1) is 17.5. The fraction of sp³-hybridized carbons (Fsp3) is 0.381. The molecule has 1 heterocycles. The number of carbonyl (C=O) groups excluding carboxylic acids is 1. The molecule has 0 bridgehead atoms. The van der Waals surface area contributed by atoms with Gasteiger partial charge in [-0.3, -0.25) is 4.79 Å². The molecule has 0 aliphatic carbocycles. The lowest BCUT2D eigenvalue weighted by molar-refractivity contribution is -0.135. The molecule has 2 atom stereocenters. The Balaban J connectivity index is 1.77. The number of fused-ring (bicyclic) bond motifs is 1. The van der Waals surface area contributed by atoms with Crippen molar-refractivity contribution >= 4 is 5.91 Å². The zero-order chi connectivity index (χ0) is 18.1. The van der Waals surface area contributed by atoms with Crippen molar-refractivity contribution in [1.29, 1.82) is 0 Å². The standard InChI is InChI=1S/C21H26N2O2/c1-13-8-18(24)9-14(2)19(13)11-20(22)21(25)23-12-17-7-5-4-6-16(17)10-15(23)3/h4-9,15,20,24H,10-12,22H2,1-3H3. The van der Waals surface area contributed by atoms with Crippen LogP contribution in [0.2, 0.25) is 0 Å². The lowest BCUT2D eigenvalue weighted by Crippen LogP contribution is -2.50. The average molecular weight is 338 g/mol. The summed E-state index contributed by atoms with van der Waals surface area (Å²) in [5.74, 6) is 0.244. The second kappa shape index (κ2) is 6.89. The number of hydrogen-bond donors (Lipinski definition) is 2. The molecule has 1 aliphatic heterocycles. The van der Waals surface area contributed by atoms with Crippen LogP contribution in [0.4, 0.5) is 0 Å². The van der Waals surface area contributed by atoms with Gasteiger partial charge in [-0.15, -0.1) is 0 Å². The molecule has 2 aromatic carbocycles. The summed E-state index contributed by atoms with van der Waals surface area (Å²) in [5, 5.41) is 9.69. The quantitative estimate of drug-likeness (QED) is 0.904. The van der Waals surface area contributed by atoms with Gasteiger partial charge in [0.15, 0.2) is 0 Å². The van der Waals surface area contributed by atoms with Crippen LogP contribution < -0.4 is 5.73 Å². The fourth-order valence-electron chi connectivity index (χ4n) is 3.79.